The molecule has 1 aliphatic rings. The van der Waals surface area contributed by atoms with E-state index in [-0.39, 0.29) is 6.04 Å². The molecule has 1 aromatic carbocycles. The maximum Gasteiger partial charge on any atom is 0.235 e. The van der Waals surface area contributed by atoms with Crippen molar-refractivity contribution in [3.05, 3.63) is 34.9 Å². The number of aryl methyl sites for hydroxylation is 1. The largest absolute Gasteiger partial charge is 0.235 e. The van der Waals surface area contributed by atoms with Crippen LogP contribution >= 0.6 is 0 Å². The molecule has 0 aliphatic heterocycles. The summed E-state index contributed by atoms with van der Waals surface area (Å²) in [6.07, 6.45) is 2.51. The van der Waals surface area contributed by atoms with Crippen molar-refractivity contribution in [3.63, 3.8) is 0 Å². The molecule has 1 atom stereocenters. The predicted molar refractivity (Wildman–Crippen MR) is 45.7 cm³/mol. The zero-order chi connectivity index (χ0) is 8.55. The Morgan fingerprint density at radius 2 is 2.42 bits per heavy atom. The number of hydrogen-bond donors (Lipinski definition) is 0. The Morgan fingerprint density at radius 3 is 3.17 bits per heavy atom. The van der Waals surface area contributed by atoms with Crippen LogP contribution in [0.15, 0.2) is 23.2 Å². The third-order valence-electron chi connectivity index (χ3n) is 2.41. The number of rotatable bonds is 1. The smallest absolute Gasteiger partial charge is 0.211 e. The zero-order valence-electron chi connectivity index (χ0n) is 6.87. The molecule has 0 N–H and O–H groups in total. The van der Waals surface area contributed by atoms with Crippen LogP contribution in [0.2, 0.25) is 0 Å². The number of aliphatic imine (C=N–C) groups is 1. The van der Waals surface area contributed by atoms with Gasteiger partial charge in [-0.25, -0.2) is 4.79 Å². The van der Waals surface area contributed by atoms with Crippen LogP contribution in [0.3, 0.4) is 0 Å². The van der Waals surface area contributed by atoms with Crippen molar-refractivity contribution in [2.75, 3.05) is 0 Å². The Morgan fingerprint density at radius 1 is 1.58 bits per heavy atom. The van der Waals surface area contributed by atoms with Gasteiger partial charge < -0.3 is 0 Å². The summed E-state index contributed by atoms with van der Waals surface area (Å²) in [5.41, 5.74) is 3.84. The van der Waals surface area contributed by atoms with Gasteiger partial charge in [0.1, 0.15) is 0 Å². The summed E-state index contributed by atoms with van der Waals surface area (Å²) in [5.74, 6) is 0. The van der Waals surface area contributed by atoms with Crippen molar-refractivity contribution >= 4 is 6.08 Å². The molecular weight excluding hydrogens is 150 g/mol. The molecule has 2 nitrogen and oxygen atoms in total. The molecule has 1 aliphatic carbocycles. The molecular formula is C10H9NO. The van der Waals surface area contributed by atoms with Crippen LogP contribution < -0.4 is 0 Å². The third-order valence-corrected chi connectivity index (χ3v) is 2.41. The van der Waals surface area contributed by atoms with Gasteiger partial charge in [0.2, 0.25) is 6.08 Å². The van der Waals surface area contributed by atoms with Gasteiger partial charge in [0, 0.05) is 6.42 Å². The fourth-order valence-corrected chi connectivity index (χ4v) is 1.67. The molecule has 12 heavy (non-hydrogen) atoms. The topological polar surface area (TPSA) is 29.4 Å². The average molecular weight is 159 g/mol. The molecule has 0 saturated heterocycles. The minimum absolute atomic E-state index is 0.0809. The van der Waals surface area contributed by atoms with E-state index in [2.05, 4.69) is 18.0 Å². The summed E-state index contributed by atoms with van der Waals surface area (Å²) in [6, 6.07) is 6.19. The molecule has 1 aromatic rings. The van der Waals surface area contributed by atoms with Gasteiger partial charge in [-0.3, -0.25) is 0 Å². The van der Waals surface area contributed by atoms with E-state index in [1.54, 1.807) is 6.08 Å². The Balaban J connectivity index is 2.42. The van der Waals surface area contributed by atoms with Crippen LogP contribution in [0.5, 0.6) is 0 Å². The second-order valence-electron chi connectivity index (χ2n) is 3.08. The highest BCUT2D eigenvalue weighted by Crippen LogP contribution is 2.37. The van der Waals surface area contributed by atoms with Crippen LogP contribution in [0.1, 0.15) is 22.7 Å². The average Bonchev–Trinajstić information content (AvgIpc) is 2.04. The fourth-order valence-electron chi connectivity index (χ4n) is 1.67. The van der Waals surface area contributed by atoms with Gasteiger partial charge in [0.05, 0.1) is 6.04 Å². The first kappa shape index (κ1) is 7.26. The summed E-state index contributed by atoms with van der Waals surface area (Å²) < 4.78 is 0. The molecule has 0 fully saturated rings. The summed E-state index contributed by atoms with van der Waals surface area (Å²) >= 11 is 0. The Kier molecular flexibility index (Phi) is 1.56. The first-order valence-electron chi connectivity index (χ1n) is 3.98. The molecule has 0 heterocycles. The maximum absolute atomic E-state index is 10.0. The van der Waals surface area contributed by atoms with Crippen LogP contribution in [0, 0.1) is 6.92 Å². The lowest BCUT2D eigenvalue weighted by Gasteiger charge is -2.27. The summed E-state index contributed by atoms with van der Waals surface area (Å²) in [5, 5.41) is 0. The van der Waals surface area contributed by atoms with Gasteiger partial charge in [-0.2, -0.15) is 4.99 Å². The van der Waals surface area contributed by atoms with Gasteiger partial charge in [-0.05, 0) is 23.6 Å². The number of hydrogen-bond acceptors (Lipinski definition) is 2. The van der Waals surface area contributed by atoms with E-state index in [4.69, 9.17) is 0 Å². The first-order chi connectivity index (χ1) is 5.83. The minimum atomic E-state index is 0.0809. The summed E-state index contributed by atoms with van der Waals surface area (Å²) in [7, 11) is 0. The zero-order valence-corrected chi connectivity index (χ0v) is 6.87. The third kappa shape index (κ3) is 0.892. The summed E-state index contributed by atoms with van der Waals surface area (Å²) in [4.78, 5) is 13.7. The minimum Gasteiger partial charge on any atom is -0.211 e. The second-order valence-corrected chi connectivity index (χ2v) is 3.08. The van der Waals surface area contributed by atoms with Gasteiger partial charge in [0.15, 0.2) is 0 Å². The van der Waals surface area contributed by atoms with Gasteiger partial charge in [-0.1, -0.05) is 18.2 Å². The highest BCUT2D eigenvalue weighted by molar-refractivity contribution is 5.47. The monoisotopic (exact) mass is 159 g/mol. The Labute approximate surface area is 70.9 Å². The number of carbonyl (C=O) groups excluding carboxylic acids is 1. The van der Waals surface area contributed by atoms with Gasteiger partial charge in [0.25, 0.3) is 0 Å². The van der Waals surface area contributed by atoms with Crippen molar-refractivity contribution in [2.24, 2.45) is 4.99 Å². The first-order valence-corrected chi connectivity index (χ1v) is 3.98. The van der Waals surface area contributed by atoms with E-state index in [0.717, 1.165) is 6.42 Å². The lowest BCUT2D eigenvalue weighted by atomic mass is 9.81. The molecule has 2 heteroatoms. The number of isocyanates is 1. The highest BCUT2D eigenvalue weighted by atomic mass is 16.1. The van der Waals surface area contributed by atoms with Crippen molar-refractivity contribution in [2.45, 2.75) is 19.4 Å². The van der Waals surface area contributed by atoms with Crippen molar-refractivity contribution < 1.29 is 4.79 Å². The van der Waals surface area contributed by atoms with Crippen molar-refractivity contribution in [1.29, 1.82) is 0 Å². The molecule has 2 rings (SSSR count). The van der Waals surface area contributed by atoms with E-state index in [1.807, 2.05) is 12.1 Å². The SMILES string of the molecule is Cc1cccc2c1CC2N=C=O. The number of benzene rings is 1. The van der Waals surface area contributed by atoms with E-state index in [9.17, 15) is 4.79 Å². The van der Waals surface area contributed by atoms with Gasteiger partial charge >= 0.3 is 0 Å². The molecule has 1 unspecified atom stereocenters. The Bertz CT molecular complexity index is 364. The van der Waals surface area contributed by atoms with E-state index in [1.165, 1.54) is 16.7 Å². The molecule has 0 aromatic heterocycles. The van der Waals surface area contributed by atoms with Gasteiger partial charge in [-0.15, -0.1) is 0 Å². The quantitative estimate of drug-likeness (QED) is 0.454. The van der Waals surface area contributed by atoms with Crippen LogP contribution in [0.4, 0.5) is 0 Å². The molecule has 0 radical (unpaired) electrons. The fraction of sp³-hybridized carbons (Fsp3) is 0.300. The van der Waals surface area contributed by atoms with Crippen LogP contribution in [0.25, 0.3) is 0 Å². The van der Waals surface area contributed by atoms with E-state index in [0.29, 0.717) is 0 Å². The highest BCUT2D eigenvalue weighted by Gasteiger charge is 2.26. The molecule has 0 amide bonds. The second kappa shape index (κ2) is 2.58. The van der Waals surface area contributed by atoms with Crippen LogP contribution in [-0.4, -0.2) is 6.08 Å². The molecule has 0 saturated carbocycles. The lowest BCUT2D eigenvalue weighted by Crippen LogP contribution is -2.16. The van der Waals surface area contributed by atoms with Crippen molar-refractivity contribution in [3.8, 4) is 0 Å². The standard InChI is InChI=1S/C10H9NO/c1-7-3-2-4-8-9(7)5-10(8)11-6-12/h2-4,10H,5H2,1H3. The van der Waals surface area contributed by atoms with Crippen LogP contribution in [-0.2, 0) is 11.2 Å². The maximum atomic E-state index is 10.0. The normalized spacial score (nSPS) is 18.9. The van der Waals surface area contributed by atoms with E-state index >= 15 is 0 Å². The van der Waals surface area contributed by atoms with E-state index < -0.39 is 0 Å². The molecule has 0 bridgehead atoms. The molecule has 0 spiro atoms. The van der Waals surface area contributed by atoms with Crippen molar-refractivity contribution in [1.82, 2.24) is 0 Å². The number of nitrogens with zero attached hydrogens (tertiary/aromatic N) is 1. The Hall–Kier alpha value is -1.40. The number of fused-ring (bicyclic) bond motifs is 1. The summed E-state index contributed by atoms with van der Waals surface area (Å²) in [6.45, 7) is 2.08. The predicted octanol–water partition coefficient (Wildman–Crippen LogP) is 1.93. The lowest BCUT2D eigenvalue weighted by molar-refractivity contribution is 0.550. The molecule has 60 valence electrons.